The number of halogens is 1. The molecule has 140 valence electrons. The summed E-state index contributed by atoms with van der Waals surface area (Å²) in [4.78, 5) is 40.3. The molecule has 0 aliphatic carbocycles. The van der Waals surface area contributed by atoms with Gasteiger partial charge >= 0.3 is 11.9 Å². The summed E-state index contributed by atoms with van der Waals surface area (Å²) in [6.45, 7) is 0. The highest BCUT2D eigenvalue weighted by molar-refractivity contribution is 9.08. The summed E-state index contributed by atoms with van der Waals surface area (Å²) in [5.41, 5.74) is -1.16. The lowest BCUT2D eigenvalue weighted by atomic mass is 9.96. The highest BCUT2D eigenvalue weighted by Gasteiger charge is 2.58. The Hall–Kier alpha value is -2.94. The van der Waals surface area contributed by atoms with E-state index in [0.717, 1.165) is 15.8 Å². The molecular formula is C18H15BrN2O6. The molecule has 1 aliphatic rings. The summed E-state index contributed by atoms with van der Waals surface area (Å²) in [5, 5.41) is 19.6. The first-order chi connectivity index (χ1) is 12.9. The summed E-state index contributed by atoms with van der Waals surface area (Å²) in [6.07, 6.45) is 0.747. The van der Waals surface area contributed by atoms with Crippen LogP contribution in [0.5, 0.6) is 11.6 Å². The van der Waals surface area contributed by atoms with E-state index < -0.39 is 23.4 Å². The summed E-state index contributed by atoms with van der Waals surface area (Å²) in [5.74, 6) is -2.97. The first kappa shape index (κ1) is 18.8. The van der Waals surface area contributed by atoms with E-state index in [1.54, 1.807) is 12.1 Å². The number of carboxylic acid groups (broad SMARTS) is 2. The van der Waals surface area contributed by atoms with Crippen LogP contribution < -0.4 is 9.64 Å². The molecule has 8 nitrogen and oxygen atoms in total. The second kappa shape index (κ2) is 7.36. The number of carbonyl (C=O) groups excluding carboxylic acids is 1. The maximum absolute atomic E-state index is 12.2. The monoisotopic (exact) mass is 434 g/mol. The Morgan fingerprint density at radius 2 is 1.81 bits per heavy atom. The molecule has 1 saturated heterocycles. The molecule has 27 heavy (non-hydrogen) atoms. The first-order valence-electron chi connectivity index (χ1n) is 7.97. The number of aliphatic carboxylic acids is 2. The standard InChI is InChI=1S/C18H15BrN2O6/c19-9-11-1-4-13(5-2-11)27-14-6-3-12(10-20-14)21-15(22)7-8-18(21,16(23)24)17(25)26/h1-6,10H,7-9H2,(H,23,24)(H,25,26). The maximum Gasteiger partial charge on any atom is 0.341 e. The van der Waals surface area contributed by atoms with Crippen molar-refractivity contribution in [2.24, 2.45) is 0 Å². The normalized spacial score (nSPS) is 15.6. The molecule has 2 aromatic rings. The molecule has 1 aliphatic heterocycles. The van der Waals surface area contributed by atoms with Crippen LogP contribution in [0.4, 0.5) is 5.69 Å². The zero-order valence-electron chi connectivity index (χ0n) is 14.0. The fourth-order valence-electron chi connectivity index (χ4n) is 2.92. The molecule has 0 spiro atoms. The van der Waals surface area contributed by atoms with Crippen molar-refractivity contribution in [1.29, 1.82) is 0 Å². The van der Waals surface area contributed by atoms with Gasteiger partial charge in [0.15, 0.2) is 0 Å². The Morgan fingerprint density at radius 1 is 1.15 bits per heavy atom. The number of rotatable bonds is 6. The van der Waals surface area contributed by atoms with Gasteiger partial charge in [0.25, 0.3) is 0 Å². The van der Waals surface area contributed by atoms with E-state index in [-0.39, 0.29) is 24.4 Å². The number of benzene rings is 1. The molecule has 0 bridgehead atoms. The number of hydrogen-bond acceptors (Lipinski definition) is 5. The average Bonchev–Trinajstić information content (AvgIpc) is 3.02. The molecule has 0 unspecified atom stereocenters. The van der Waals surface area contributed by atoms with Crippen LogP contribution in [0, 0.1) is 0 Å². The topological polar surface area (TPSA) is 117 Å². The second-order valence-electron chi connectivity index (χ2n) is 5.93. The van der Waals surface area contributed by atoms with Gasteiger partial charge in [0.2, 0.25) is 17.3 Å². The SMILES string of the molecule is O=C1CCC(C(=O)O)(C(=O)O)N1c1ccc(Oc2ccc(CBr)cc2)nc1. The van der Waals surface area contributed by atoms with Crippen molar-refractivity contribution in [3.8, 4) is 11.6 Å². The molecule has 2 N–H and O–H groups in total. The van der Waals surface area contributed by atoms with Crippen molar-refractivity contribution in [2.75, 3.05) is 4.90 Å². The fourth-order valence-corrected chi connectivity index (χ4v) is 3.29. The molecule has 9 heteroatoms. The van der Waals surface area contributed by atoms with Crippen molar-refractivity contribution in [2.45, 2.75) is 23.7 Å². The number of carboxylic acids is 2. The number of nitrogens with zero attached hydrogens (tertiary/aromatic N) is 2. The van der Waals surface area contributed by atoms with Crippen molar-refractivity contribution in [1.82, 2.24) is 4.98 Å². The number of amides is 1. The van der Waals surface area contributed by atoms with E-state index in [1.165, 1.54) is 18.3 Å². The minimum absolute atomic E-state index is 0.0873. The van der Waals surface area contributed by atoms with E-state index in [4.69, 9.17) is 4.74 Å². The minimum atomic E-state index is -2.33. The van der Waals surface area contributed by atoms with Gasteiger partial charge in [-0.2, -0.15) is 0 Å². The number of hydrogen-bond donors (Lipinski definition) is 2. The van der Waals surface area contributed by atoms with Crippen LogP contribution in [0.25, 0.3) is 0 Å². The molecule has 1 fully saturated rings. The zero-order valence-corrected chi connectivity index (χ0v) is 15.5. The highest BCUT2D eigenvalue weighted by atomic mass is 79.9. The smallest absolute Gasteiger partial charge is 0.341 e. The van der Waals surface area contributed by atoms with Crippen molar-refractivity contribution in [3.05, 3.63) is 48.2 Å². The third-order valence-electron chi connectivity index (χ3n) is 4.32. The van der Waals surface area contributed by atoms with Gasteiger partial charge in [0, 0.05) is 24.2 Å². The van der Waals surface area contributed by atoms with Crippen LogP contribution in [0.3, 0.4) is 0 Å². The lowest BCUT2D eigenvalue weighted by Crippen LogP contribution is -2.58. The quantitative estimate of drug-likeness (QED) is 0.529. The molecule has 1 aromatic carbocycles. The van der Waals surface area contributed by atoms with Crippen LogP contribution in [0.2, 0.25) is 0 Å². The van der Waals surface area contributed by atoms with Gasteiger partial charge in [-0.25, -0.2) is 14.6 Å². The predicted octanol–water partition coefficient (Wildman–Crippen LogP) is 2.80. The summed E-state index contributed by atoms with van der Waals surface area (Å²) >= 11 is 3.35. The van der Waals surface area contributed by atoms with Gasteiger partial charge in [-0.15, -0.1) is 0 Å². The number of ether oxygens (including phenoxy) is 1. The van der Waals surface area contributed by atoms with Gasteiger partial charge in [0.05, 0.1) is 11.9 Å². The Morgan fingerprint density at radius 3 is 2.33 bits per heavy atom. The molecule has 2 heterocycles. The minimum Gasteiger partial charge on any atom is -0.479 e. The highest BCUT2D eigenvalue weighted by Crippen LogP contribution is 2.36. The Balaban J connectivity index is 1.86. The molecular weight excluding hydrogens is 420 g/mol. The summed E-state index contributed by atoms with van der Waals surface area (Å²) in [6, 6.07) is 10.2. The maximum atomic E-state index is 12.2. The van der Waals surface area contributed by atoms with Crippen molar-refractivity contribution >= 4 is 39.5 Å². The van der Waals surface area contributed by atoms with Crippen LogP contribution in [-0.2, 0) is 19.7 Å². The second-order valence-corrected chi connectivity index (χ2v) is 6.49. The first-order valence-corrected chi connectivity index (χ1v) is 9.09. The van der Waals surface area contributed by atoms with E-state index in [9.17, 15) is 24.6 Å². The van der Waals surface area contributed by atoms with Gasteiger partial charge in [-0.3, -0.25) is 9.69 Å². The molecule has 3 rings (SSSR count). The molecule has 0 atom stereocenters. The van der Waals surface area contributed by atoms with Gasteiger partial charge in [0.1, 0.15) is 5.75 Å². The Kier molecular flexibility index (Phi) is 5.13. The van der Waals surface area contributed by atoms with Crippen LogP contribution in [-0.4, -0.2) is 38.6 Å². The lowest BCUT2D eigenvalue weighted by molar-refractivity contribution is -0.157. The largest absolute Gasteiger partial charge is 0.479 e. The van der Waals surface area contributed by atoms with E-state index in [2.05, 4.69) is 20.9 Å². The van der Waals surface area contributed by atoms with Gasteiger partial charge in [-0.1, -0.05) is 28.1 Å². The summed E-state index contributed by atoms with van der Waals surface area (Å²) in [7, 11) is 0. The Bertz CT molecular complexity index is 868. The third-order valence-corrected chi connectivity index (χ3v) is 4.97. The van der Waals surface area contributed by atoms with E-state index >= 15 is 0 Å². The van der Waals surface area contributed by atoms with Gasteiger partial charge in [-0.05, 0) is 23.8 Å². The van der Waals surface area contributed by atoms with Crippen molar-refractivity contribution < 1.29 is 29.3 Å². The number of anilines is 1. The van der Waals surface area contributed by atoms with Crippen LogP contribution in [0.1, 0.15) is 18.4 Å². The van der Waals surface area contributed by atoms with Crippen LogP contribution >= 0.6 is 15.9 Å². The lowest BCUT2D eigenvalue weighted by Gasteiger charge is -2.30. The van der Waals surface area contributed by atoms with E-state index in [0.29, 0.717) is 5.75 Å². The number of aromatic nitrogens is 1. The molecule has 0 radical (unpaired) electrons. The molecule has 0 saturated carbocycles. The average molecular weight is 435 g/mol. The zero-order chi connectivity index (χ0) is 19.6. The predicted molar refractivity (Wildman–Crippen MR) is 98.1 cm³/mol. The van der Waals surface area contributed by atoms with Gasteiger partial charge < -0.3 is 14.9 Å². The van der Waals surface area contributed by atoms with E-state index in [1.807, 2.05) is 12.1 Å². The summed E-state index contributed by atoms with van der Waals surface area (Å²) < 4.78 is 5.61. The number of carbonyl (C=O) groups is 3. The molecule has 1 amide bonds. The Labute approximate surface area is 162 Å². The number of pyridine rings is 1. The van der Waals surface area contributed by atoms with Crippen LogP contribution in [0.15, 0.2) is 42.6 Å². The number of alkyl halides is 1. The third kappa shape index (κ3) is 3.37. The fraction of sp³-hybridized carbons (Fsp3) is 0.222. The van der Waals surface area contributed by atoms with Crippen molar-refractivity contribution in [3.63, 3.8) is 0 Å². The molecule has 1 aromatic heterocycles.